The molecule has 6 heteroatoms. The summed E-state index contributed by atoms with van der Waals surface area (Å²) < 4.78 is 5.13. The lowest BCUT2D eigenvalue weighted by molar-refractivity contribution is 0.0529. The van der Waals surface area contributed by atoms with Crippen molar-refractivity contribution in [3.05, 3.63) is 29.8 Å². The molecule has 0 saturated carbocycles. The zero-order valence-electron chi connectivity index (χ0n) is 13.0. The second-order valence-corrected chi connectivity index (χ2v) is 5.96. The number of amides is 1. The number of rotatable bonds is 3. The Kier molecular flexibility index (Phi) is 6.67. The number of carbonyl (C=O) groups is 1. The van der Waals surface area contributed by atoms with Gasteiger partial charge in [-0.15, -0.1) is 0 Å². The van der Waals surface area contributed by atoms with Crippen molar-refractivity contribution in [2.24, 2.45) is 5.73 Å². The van der Waals surface area contributed by atoms with Gasteiger partial charge in [-0.05, 0) is 45.1 Å². The van der Waals surface area contributed by atoms with Gasteiger partial charge < -0.3 is 21.1 Å². The van der Waals surface area contributed by atoms with Gasteiger partial charge in [0, 0.05) is 18.5 Å². The molecule has 1 amide bonds. The van der Waals surface area contributed by atoms with Gasteiger partial charge in [0.05, 0.1) is 5.69 Å². The summed E-state index contributed by atoms with van der Waals surface area (Å²) in [6, 6.07) is 7.47. The number of benzene rings is 1. The van der Waals surface area contributed by atoms with Gasteiger partial charge in [0.15, 0.2) is 5.11 Å². The van der Waals surface area contributed by atoms with Gasteiger partial charge in [0.25, 0.3) is 0 Å². The van der Waals surface area contributed by atoms with E-state index in [0.29, 0.717) is 13.0 Å². The summed E-state index contributed by atoms with van der Waals surface area (Å²) in [4.78, 5) is 11.4. The van der Waals surface area contributed by atoms with Crippen LogP contribution in [0.25, 0.3) is 0 Å². The monoisotopic (exact) mass is 319 g/mol. The first-order valence-electron chi connectivity index (χ1n) is 6.89. The summed E-state index contributed by atoms with van der Waals surface area (Å²) in [6.07, 6.45) is 0.0746. The molecule has 0 fully saturated rings. The third-order valence-electron chi connectivity index (χ3n) is 2.33. The normalized spacial score (nSPS) is 10.1. The number of alkyl carbamates (subject to hydrolysis) is 1. The van der Waals surface area contributed by atoms with E-state index in [-0.39, 0.29) is 5.11 Å². The molecule has 0 radical (unpaired) electrons. The van der Waals surface area contributed by atoms with E-state index in [9.17, 15) is 4.79 Å². The maximum Gasteiger partial charge on any atom is 0.407 e. The molecule has 0 aliphatic carbocycles. The number of anilines is 1. The number of ether oxygens (including phenoxy) is 1. The predicted octanol–water partition coefficient (Wildman–Crippen LogP) is 2.61. The number of nitrogens with one attached hydrogen (secondary N) is 2. The van der Waals surface area contributed by atoms with Crippen LogP contribution in [0.5, 0.6) is 0 Å². The smallest absolute Gasteiger partial charge is 0.407 e. The molecule has 22 heavy (non-hydrogen) atoms. The summed E-state index contributed by atoms with van der Waals surface area (Å²) in [6.45, 7) is 5.88. The van der Waals surface area contributed by atoms with Gasteiger partial charge in [-0.1, -0.05) is 24.0 Å². The number of thiocarbonyl (C=S) groups is 1. The molecule has 1 aromatic rings. The maximum atomic E-state index is 11.4. The third kappa shape index (κ3) is 7.50. The summed E-state index contributed by atoms with van der Waals surface area (Å²) in [7, 11) is 0. The van der Waals surface area contributed by atoms with Crippen molar-refractivity contribution in [2.45, 2.75) is 32.8 Å². The van der Waals surface area contributed by atoms with Gasteiger partial charge in [-0.2, -0.15) is 0 Å². The predicted molar refractivity (Wildman–Crippen MR) is 92.6 cm³/mol. The van der Waals surface area contributed by atoms with E-state index in [1.54, 1.807) is 0 Å². The Morgan fingerprint density at radius 3 is 2.68 bits per heavy atom. The van der Waals surface area contributed by atoms with E-state index in [4.69, 9.17) is 22.7 Å². The van der Waals surface area contributed by atoms with E-state index < -0.39 is 11.7 Å². The van der Waals surface area contributed by atoms with Crippen LogP contribution < -0.4 is 16.4 Å². The Hall–Kier alpha value is -2.26. The second kappa shape index (κ2) is 8.25. The molecule has 4 N–H and O–H groups in total. The minimum absolute atomic E-state index is 0.195. The van der Waals surface area contributed by atoms with Crippen LogP contribution in [-0.2, 0) is 4.74 Å². The number of nitrogens with two attached hydrogens (primary N) is 1. The summed E-state index contributed by atoms with van der Waals surface area (Å²) in [5.41, 5.74) is 6.53. The van der Waals surface area contributed by atoms with Gasteiger partial charge in [-0.3, -0.25) is 0 Å². The highest BCUT2D eigenvalue weighted by molar-refractivity contribution is 7.80. The van der Waals surface area contributed by atoms with Crippen LogP contribution in [0.2, 0.25) is 0 Å². The van der Waals surface area contributed by atoms with Crippen molar-refractivity contribution in [1.82, 2.24) is 5.32 Å². The molecule has 0 aromatic heterocycles. The largest absolute Gasteiger partial charge is 0.444 e. The zero-order chi connectivity index (χ0) is 16.6. The second-order valence-electron chi connectivity index (χ2n) is 5.52. The number of hydrogen-bond donors (Lipinski definition) is 3. The summed E-state index contributed by atoms with van der Waals surface area (Å²) in [5.74, 6) is 6.01. The molecule has 0 spiro atoms. The van der Waals surface area contributed by atoms with E-state index in [1.165, 1.54) is 0 Å². The van der Waals surface area contributed by atoms with E-state index in [2.05, 4.69) is 22.5 Å². The Bertz CT molecular complexity index is 597. The van der Waals surface area contributed by atoms with Crippen molar-refractivity contribution >= 4 is 29.1 Å². The third-order valence-corrected chi connectivity index (χ3v) is 2.43. The Morgan fingerprint density at radius 1 is 1.36 bits per heavy atom. The zero-order valence-corrected chi connectivity index (χ0v) is 13.8. The van der Waals surface area contributed by atoms with Crippen LogP contribution in [0.4, 0.5) is 10.5 Å². The Morgan fingerprint density at radius 2 is 2.05 bits per heavy atom. The number of hydrogen-bond acceptors (Lipinski definition) is 3. The topological polar surface area (TPSA) is 76.4 Å². The van der Waals surface area contributed by atoms with Crippen molar-refractivity contribution in [3.8, 4) is 11.8 Å². The average molecular weight is 319 g/mol. The first kappa shape index (κ1) is 17.8. The summed E-state index contributed by atoms with van der Waals surface area (Å²) in [5, 5.41) is 5.72. The SMILES string of the molecule is CC(C)(C)OC(=O)NCCC#Cc1ccccc1NC(N)=S. The molecule has 0 aliphatic rings. The van der Waals surface area contributed by atoms with E-state index in [0.717, 1.165) is 11.3 Å². The first-order chi connectivity index (χ1) is 10.3. The van der Waals surface area contributed by atoms with Crippen LogP contribution in [0.1, 0.15) is 32.8 Å². The fraction of sp³-hybridized carbons (Fsp3) is 0.375. The summed E-state index contributed by atoms with van der Waals surface area (Å²) >= 11 is 4.82. The molecule has 0 heterocycles. The Balaban J connectivity index is 2.48. The van der Waals surface area contributed by atoms with Crippen molar-refractivity contribution < 1.29 is 9.53 Å². The number of para-hydroxylation sites is 1. The lowest BCUT2D eigenvalue weighted by atomic mass is 10.2. The van der Waals surface area contributed by atoms with Crippen LogP contribution in [-0.4, -0.2) is 23.4 Å². The van der Waals surface area contributed by atoms with Crippen LogP contribution in [0.15, 0.2) is 24.3 Å². The molecular weight excluding hydrogens is 298 g/mol. The molecule has 0 saturated heterocycles. The molecule has 1 aromatic carbocycles. The van der Waals surface area contributed by atoms with Crippen LogP contribution in [0, 0.1) is 11.8 Å². The molecule has 5 nitrogen and oxygen atoms in total. The first-order valence-corrected chi connectivity index (χ1v) is 7.30. The minimum Gasteiger partial charge on any atom is -0.444 e. The van der Waals surface area contributed by atoms with E-state index >= 15 is 0 Å². The van der Waals surface area contributed by atoms with Gasteiger partial charge in [-0.25, -0.2) is 4.79 Å². The minimum atomic E-state index is -0.499. The fourth-order valence-corrected chi connectivity index (χ4v) is 1.64. The van der Waals surface area contributed by atoms with Crippen molar-refractivity contribution in [3.63, 3.8) is 0 Å². The Labute approximate surface area is 136 Å². The highest BCUT2D eigenvalue weighted by Gasteiger charge is 2.15. The van der Waals surface area contributed by atoms with Gasteiger partial charge >= 0.3 is 6.09 Å². The molecule has 0 bridgehead atoms. The molecule has 0 aliphatic heterocycles. The van der Waals surface area contributed by atoms with Gasteiger partial charge in [0.1, 0.15) is 5.60 Å². The number of carbonyl (C=O) groups excluding carboxylic acids is 1. The molecule has 118 valence electrons. The van der Waals surface area contributed by atoms with E-state index in [1.807, 2.05) is 45.0 Å². The van der Waals surface area contributed by atoms with Crippen LogP contribution in [0.3, 0.4) is 0 Å². The molecule has 0 atom stereocenters. The fourth-order valence-electron chi connectivity index (χ4n) is 1.53. The lowest BCUT2D eigenvalue weighted by Gasteiger charge is -2.19. The molecule has 0 unspecified atom stereocenters. The lowest BCUT2D eigenvalue weighted by Crippen LogP contribution is -2.32. The van der Waals surface area contributed by atoms with Crippen molar-refractivity contribution in [1.29, 1.82) is 0 Å². The molecular formula is C16H21N3O2S. The highest BCUT2D eigenvalue weighted by atomic mass is 32.1. The maximum absolute atomic E-state index is 11.4. The molecule has 1 rings (SSSR count). The average Bonchev–Trinajstić information content (AvgIpc) is 2.37. The van der Waals surface area contributed by atoms with Crippen molar-refractivity contribution in [2.75, 3.05) is 11.9 Å². The standard InChI is InChI=1S/C16H21N3O2S/c1-16(2,3)21-15(20)18-11-7-6-9-12-8-4-5-10-13(12)19-14(17)22/h4-5,8,10H,7,11H2,1-3H3,(H,18,20)(H3,17,19,22). The highest BCUT2D eigenvalue weighted by Crippen LogP contribution is 2.13. The van der Waals surface area contributed by atoms with Crippen LogP contribution >= 0.6 is 12.2 Å². The quantitative estimate of drug-likeness (QED) is 0.453. The van der Waals surface area contributed by atoms with Gasteiger partial charge in [0.2, 0.25) is 0 Å².